The highest BCUT2D eigenvalue weighted by molar-refractivity contribution is 7.99. The summed E-state index contributed by atoms with van der Waals surface area (Å²) in [5, 5.41) is 10.1. The standard InChI is InChI=1S/C21H26ClN3OS.C18H28O3S/c22-17-6-7-21-19(16-17)25(18-4-1-2-5-20(18)27-21)9-3-8-23-10-12-24(13-11-23)14-15-26;1-3-4-5-6-7-8-11-22(19)15(2)12-16-9-10-17-18(13-16)21-14-20-17/h1-2,4-7,16,26H,3,8-15H2;9-10,13,15H,3-8,11-12,14H2,1-2H3. The highest BCUT2D eigenvalue weighted by Crippen LogP contribution is 2.48. The van der Waals surface area contributed by atoms with Crippen LogP contribution in [0.25, 0.3) is 0 Å². The van der Waals surface area contributed by atoms with Crippen molar-refractivity contribution in [3.8, 4) is 11.5 Å². The van der Waals surface area contributed by atoms with Gasteiger partial charge in [0, 0.05) is 60.5 Å². The summed E-state index contributed by atoms with van der Waals surface area (Å²) in [7, 11) is 0. The van der Waals surface area contributed by atoms with Crippen LogP contribution in [0.5, 0.6) is 11.5 Å². The predicted octanol–water partition coefficient (Wildman–Crippen LogP) is 8.40. The van der Waals surface area contributed by atoms with Crippen molar-refractivity contribution in [3.05, 3.63) is 71.2 Å². The van der Waals surface area contributed by atoms with Crippen LogP contribution in [0, 0.1) is 0 Å². The van der Waals surface area contributed by atoms with Gasteiger partial charge >= 0.3 is 0 Å². The first-order valence-corrected chi connectivity index (χ1v) is 20.7. The molecule has 0 saturated carbocycles. The molecular weight excluding hydrogens is 674 g/mol. The van der Waals surface area contributed by atoms with Crippen LogP contribution in [0.1, 0.15) is 64.4 Å². The summed E-state index contributed by atoms with van der Waals surface area (Å²) < 4.78 is 23.0. The van der Waals surface area contributed by atoms with Gasteiger partial charge in [0.25, 0.3) is 0 Å². The Hall–Kier alpha value is -2.11. The number of fused-ring (bicyclic) bond motifs is 3. The summed E-state index contributed by atoms with van der Waals surface area (Å²) >= 11 is 7.38. The van der Waals surface area contributed by atoms with E-state index in [-0.39, 0.29) is 11.9 Å². The number of rotatable bonds is 16. The summed E-state index contributed by atoms with van der Waals surface area (Å²) in [4.78, 5) is 9.89. The van der Waals surface area contributed by atoms with Crippen molar-refractivity contribution < 1.29 is 19.1 Å². The second kappa shape index (κ2) is 20.1. The Balaban J connectivity index is 0.000000196. The van der Waals surface area contributed by atoms with Crippen LogP contribution >= 0.6 is 23.4 Å². The van der Waals surface area contributed by atoms with Gasteiger partial charge in [0.1, 0.15) is 11.0 Å². The van der Waals surface area contributed by atoms with E-state index in [2.05, 4.69) is 64.9 Å². The van der Waals surface area contributed by atoms with E-state index in [1.165, 1.54) is 58.8 Å². The number of ether oxygens (including phenoxy) is 2. The molecule has 6 rings (SSSR count). The number of unbranched alkanes of at least 4 members (excludes halogenated alkanes) is 5. The second-order valence-corrected chi connectivity index (χ2v) is 16.6. The number of anilines is 2. The molecule has 0 radical (unpaired) electrons. The summed E-state index contributed by atoms with van der Waals surface area (Å²) in [6.07, 6.45) is 9.44. The smallest absolute Gasteiger partial charge is 0.231 e. The largest absolute Gasteiger partial charge is 0.616 e. The molecule has 1 N–H and O–H groups in total. The molecule has 0 amide bonds. The van der Waals surface area contributed by atoms with Crippen LogP contribution < -0.4 is 14.4 Å². The van der Waals surface area contributed by atoms with Crippen molar-refractivity contribution in [2.45, 2.75) is 80.3 Å². The maximum absolute atomic E-state index is 12.3. The highest BCUT2D eigenvalue weighted by Gasteiger charge is 2.24. The van der Waals surface area contributed by atoms with E-state index >= 15 is 0 Å². The zero-order valence-electron chi connectivity index (χ0n) is 29.3. The molecule has 0 spiro atoms. The summed E-state index contributed by atoms with van der Waals surface area (Å²) in [5.41, 5.74) is 3.68. The zero-order chi connectivity index (χ0) is 34.4. The Labute approximate surface area is 306 Å². The molecule has 3 aromatic rings. The number of aliphatic hydroxyl groups excluding tert-OH is 1. The maximum atomic E-state index is 12.3. The van der Waals surface area contributed by atoms with Gasteiger partial charge in [-0.25, -0.2) is 0 Å². The highest BCUT2D eigenvalue weighted by atomic mass is 35.5. The lowest BCUT2D eigenvalue weighted by atomic mass is 10.1. The average Bonchev–Trinajstić information content (AvgIpc) is 3.59. The van der Waals surface area contributed by atoms with Gasteiger partial charge < -0.3 is 28.9 Å². The van der Waals surface area contributed by atoms with Crippen molar-refractivity contribution in [1.82, 2.24) is 9.80 Å². The van der Waals surface area contributed by atoms with E-state index in [0.29, 0.717) is 6.79 Å². The molecule has 1 saturated heterocycles. The van der Waals surface area contributed by atoms with Crippen LogP contribution in [0.4, 0.5) is 11.4 Å². The SMILES string of the molecule is CCCCCCCC[S+]([O-])C(C)Cc1ccc2c(c1)OCO2.OCCN1CCN(CCCN2c3ccccc3Sc3ccc(Cl)cc32)CC1. The third-order valence-corrected chi connectivity index (χ3v) is 12.6. The summed E-state index contributed by atoms with van der Waals surface area (Å²) in [5.74, 6) is 2.45. The minimum Gasteiger partial charge on any atom is -0.616 e. The second-order valence-electron chi connectivity index (χ2n) is 13.1. The van der Waals surface area contributed by atoms with Crippen LogP contribution in [0.2, 0.25) is 5.02 Å². The van der Waals surface area contributed by atoms with E-state index in [1.54, 1.807) is 0 Å². The number of para-hydroxylation sites is 1. The van der Waals surface area contributed by atoms with Gasteiger partial charge in [0.2, 0.25) is 6.79 Å². The molecule has 10 heteroatoms. The number of nitrogens with zero attached hydrogens (tertiary/aromatic N) is 3. The number of hydrogen-bond acceptors (Lipinski definition) is 8. The lowest BCUT2D eigenvalue weighted by Gasteiger charge is -2.36. The number of aliphatic hydroxyl groups is 1. The van der Waals surface area contributed by atoms with E-state index in [1.807, 2.05) is 36.0 Å². The minimum atomic E-state index is -0.743. The van der Waals surface area contributed by atoms with Gasteiger partial charge in [-0.3, -0.25) is 4.90 Å². The van der Waals surface area contributed by atoms with Crippen molar-refractivity contribution in [1.29, 1.82) is 0 Å². The van der Waals surface area contributed by atoms with Gasteiger partial charge in [0.15, 0.2) is 11.5 Å². The lowest BCUT2D eigenvalue weighted by Crippen LogP contribution is -2.47. The monoisotopic (exact) mass is 727 g/mol. The fraction of sp³-hybridized carbons (Fsp3) is 0.538. The third-order valence-electron chi connectivity index (χ3n) is 9.43. The molecule has 3 aliphatic rings. The van der Waals surface area contributed by atoms with Crippen molar-refractivity contribution in [3.63, 3.8) is 0 Å². The van der Waals surface area contributed by atoms with Crippen LogP contribution in [0.3, 0.4) is 0 Å². The fourth-order valence-corrected chi connectivity index (χ4v) is 9.10. The number of halogens is 1. The normalized spacial score (nSPS) is 16.8. The Morgan fingerprint density at radius 3 is 2.33 bits per heavy atom. The molecule has 2 atom stereocenters. The molecule has 0 bridgehead atoms. The van der Waals surface area contributed by atoms with Crippen molar-refractivity contribution in [2.75, 3.05) is 69.9 Å². The molecule has 49 heavy (non-hydrogen) atoms. The molecule has 268 valence electrons. The van der Waals surface area contributed by atoms with Crippen molar-refractivity contribution in [2.24, 2.45) is 0 Å². The predicted molar refractivity (Wildman–Crippen MR) is 206 cm³/mol. The lowest BCUT2D eigenvalue weighted by molar-refractivity contribution is 0.112. The van der Waals surface area contributed by atoms with E-state index < -0.39 is 11.2 Å². The number of hydrogen-bond donors (Lipinski definition) is 1. The molecular formula is C39H54ClN3O4S2. The number of benzene rings is 3. The van der Waals surface area contributed by atoms with Crippen molar-refractivity contribution >= 4 is 45.9 Å². The first-order chi connectivity index (χ1) is 23.9. The molecule has 0 aliphatic carbocycles. The Kier molecular flexibility index (Phi) is 15.6. The van der Waals surface area contributed by atoms with Gasteiger partial charge in [-0.2, -0.15) is 0 Å². The Morgan fingerprint density at radius 1 is 0.816 bits per heavy atom. The van der Waals surface area contributed by atoms with E-state index in [4.69, 9.17) is 26.2 Å². The van der Waals surface area contributed by atoms with Crippen LogP contribution in [-0.2, 0) is 17.6 Å². The quantitative estimate of drug-likeness (QED) is 0.117. The van der Waals surface area contributed by atoms with Gasteiger partial charge in [-0.05, 0) is 80.8 Å². The summed E-state index contributed by atoms with van der Waals surface area (Å²) in [6.45, 7) is 12.1. The fourth-order valence-electron chi connectivity index (χ4n) is 6.59. The third kappa shape index (κ3) is 11.4. The van der Waals surface area contributed by atoms with Gasteiger partial charge in [-0.1, -0.05) is 85.3 Å². The molecule has 3 aliphatic heterocycles. The first kappa shape index (κ1) is 38.1. The minimum absolute atomic E-state index is 0.191. The molecule has 7 nitrogen and oxygen atoms in total. The maximum Gasteiger partial charge on any atom is 0.231 e. The molecule has 0 aromatic heterocycles. The summed E-state index contributed by atoms with van der Waals surface area (Å²) in [6, 6.07) is 20.8. The van der Waals surface area contributed by atoms with Gasteiger partial charge in [0.05, 0.1) is 18.0 Å². The Bertz CT molecular complexity index is 1440. The Morgan fingerprint density at radius 2 is 1.53 bits per heavy atom. The number of piperazine rings is 1. The van der Waals surface area contributed by atoms with Gasteiger partial charge in [-0.15, -0.1) is 0 Å². The van der Waals surface area contributed by atoms with E-state index in [0.717, 1.165) is 87.4 Å². The first-order valence-electron chi connectivity index (χ1n) is 18.1. The van der Waals surface area contributed by atoms with Crippen LogP contribution in [-0.4, -0.2) is 89.7 Å². The molecule has 3 heterocycles. The molecule has 1 fully saturated rings. The van der Waals surface area contributed by atoms with Crippen LogP contribution in [0.15, 0.2) is 70.5 Å². The zero-order valence-corrected chi connectivity index (χ0v) is 31.7. The average molecular weight is 728 g/mol. The molecule has 3 aromatic carbocycles. The topological polar surface area (TPSA) is 71.5 Å². The molecule has 2 unspecified atom stereocenters. The van der Waals surface area contributed by atoms with E-state index in [9.17, 15) is 4.55 Å². The number of β-amino-alcohol motifs (C(OH)–C–C–N with tert-alkyl or cyclic N) is 1.